The molecular formula is C17H20F3N9. The van der Waals surface area contributed by atoms with Gasteiger partial charge in [0.15, 0.2) is 0 Å². The van der Waals surface area contributed by atoms with Crippen molar-refractivity contribution in [1.82, 2.24) is 34.7 Å². The summed E-state index contributed by atoms with van der Waals surface area (Å²) in [6.07, 6.45) is 1.40. The summed E-state index contributed by atoms with van der Waals surface area (Å²) in [4.78, 5) is 9.42. The molecule has 154 valence electrons. The molecule has 29 heavy (non-hydrogen) atoms. The highest BCUT2D eigenvalue weighted by molar-refractivity contribution is 5.55. The van der Waals surface area contributed by atoms with Gasteiger partial charge in [-0.25, -0.2) is 9.67 Å². The lowest BCUT2D eigenvalue weighted by molar-refractivity contribution is -0.137. The first-order chi connectivity index (χ1) is 13.9. The number of rotatable bonds is 7. The third-order valence-corrected chi connectivity index (χ3v) is 4.54. The zero-order valence-corrected chi connectivity index (χ0v) is 15.8. The Hall–Kier alpha value is -3.18. The number of alkyl halides is 3. The molecule has 1 aliphatic carbocycles. The molecule has 9 nitrogen and oxygen atoms in total. The average Bonchev–Trinajstić information content (AvgIpc) is 3.20. The highest BCUT2D eigenvalue weighted by Gasteiger charge is 2.35. The van der Waals surface area contributed by atoms with Gasteiger partial charge in [-0.3, -0.25) is 0 Å². The van der Waals surface area contributed by atoms with E-state index in [-0.39, 0.29) is 23.8 Å². The van der Waals surface area contributed by atoms with Gasteiger partial charge in [0, 0.05) is 18.8 Å². The van der Waals surface area contributed by atoms with Gasteiger partial charge in [-0.1, -0.05) is 0 Å². The van der Waals surface area contributed by atoms with Crippen molar-refractivity contribution >= 4 is 17.6 Å². The summed E-state index contributed by atoms with van der Waals surface area (Å²) in [6, 6.07) is 1.86. The number of hydrogen-bond donors (Lipinski definition) is 2. The van der Waals surface area contributed by atoms with Crippen LogP contribution in [-0.2, 0) is 6.18 Å². The van der Waals surface area contributed by atoms with Crippen molar-refractivity contribution in [3.8, 4) is 0 Å². The minimum atomic E-state index is -4.54. The highest BCUT2D eigenvalue weighted by Crippen LogP contribution is 2.39. The lowest BCUT2D eigenvalue weighted by Gasteiger charge is -2.14. The topological polar surface area (TPSA) is 98.4 Å². The number of anilines is 3. The zero-order valence-electron chi connectivity index (χ0n) is 15.8. The van der Waals surface area contributed by atoms with Crippen molar-refractivity contribution in [2.45, 2.75) is 44.9 Å². The Kier molecular flexibility index (Phi) is 4.84. The SMILES string of the molecule is CCNc1nc(Nc2cc([C@@H](C)n3nccn3)nn2C2CC2)ncc1C(F)(F)F. The zero-order chi connectivity index (χ0) is 20.6. The van der Waals surface area contributed by atoms with Crippen LogP contribution in [0.25, 0.3) is 0 Å². The van der Waals surface area contributed by atoms with E-state index in [4.69, 9.17) is 0 Å². The van der Waals surface area contributed by atoms with Gasteiger partial charge in [-0.15, -0.1) is 0 Å². The van der Waals surface area contributed by atoms with Crippen LogP contribution < -0.4 is 10.6 Å². The Morgan fingerprint density at radius 2 is 1.97 bits per heavy atom. The van der Waals surface area contributed by atoms with Crippen LogP contribution in [0.3, 0.4) is 0 Å². The molecule has 1 atom stereocenters. The fourth-order valence-corrected chi connectivity index (χ4v) is 2.92. The standard InChI is InChI=1S/C17H20F3N9/c1-3-21-15-12(17(18,19)20)9-22-16(26-15)25-14-8-13(27-28(14)11-4-5-11)10(2)29-23-6-7-24-29/h6-11H,3-5H2,1-2H3,(H2,21,22,25,26)/t10-/m1/s1. The molecule has 3 heterocycles. The summed E-state index contributed by atoms with van der Waals surface area (Å²) < 4.78 is 41.3. The molecule has 4 rings (SSSR count). The third-order valence-electron chi connectivity index (χ3n) is 4.54. The molecule has 0 radical (unpaired) electrons. The summed E-state index contributed by atoms with van der Waals surface area (Å²) in [5.41, 5.74) is -0.172. The summed E-state index contributed by atoms with van der Waals surface area (Å²) in [6.45, 7) is 3.92. The van der Waals surface area contributed by atoms with Crippen molar-refractivity contribution in [3.63, 3.8) is 0 Å². The fraction of sp³-hybridized carbons (Fsp3) is 0.471. The minimum absolute atomic E-state index is 0.0622. The Morgan fingerprint density at radius 3 is 2.59 bits per heavy atom. The van der Waals surface area contributed by atoms with Gasteiger partial charge in [-0.2, -0.15) is 38.2 Å². The van der Waals surface area contributed by atoms with E-state index in [1.165, 1.54) is 0 Å². The maximum atomic E-state index is 13.2. The van der Waals surface area contributed by atoms with Crippen molar-refractivity contribution < 1.29 is 13.2 Å². The summed E-state index contributed by atoms with van der Waals surface area (Å²) in [5.74, 6) is 0.417. The summed E-state index contributed by atoms with van der Waals surface area (Å²) in [5, 5.41) is 18.6. The molecule has 0 saturated heterocycles. The van der Waals surface area contributed by atoms with Gasteiger partial charge in [-0.05, 0) is 26.7 Å². The maximum Gasteiger partial charge on any atom is 0.421 e. The van der Waals surface area contributed by atoms with Crippen LogP contribution in [0, 0.1) is 0 Å². The van der Waals surface area contributed by atoms with Crippen LogP contribution in [0.4, 0.5) is 30.8 Å². The molecule has 3 aromatic rings. The Bertz CT molecular complexity index is 977. The monoisotopic (exact) mass is 407 g/mol. The first kappa shape index (κ1) is 19.2. The van der Waals surface area contributed by atoms with Gasteiger partial charge in [0.05, 0.1) is 24.1 Å². The third kappa shape index (κ3) is 4.00. The first-order valence-corrected chi connectivity index (χ1v) is 9.27. The predicted octanol–water partition coefficient (Wildman–Crippen LogP) is 3.40. The molecule has 3 aromatic heterocycles. The largest absolute Gasteiger partial charge is 0.421 e. The fourth-order valence-electron chi connectivity index (χ4n) is 2.92. The van der Waals surface area contributed by atoms with Crippen LogP contribution in [-0.4, -0.2) is 41.3 Å². The van der Waals surface area contributed by atoms with Crippen molar-refractivity contribution in [3.05, 3.63) is 35.9 Å². The second-order valence-corrected chi connectivity index (χ2v) is 6.76. The van der Waals surface area contributed by atoms with Crippen LogP contribution in [0.2, 0.25) is 0 Å². The maximum absolute atomic E-state index is 13.2. The van der Waals surface area contributed by atoms with Crippen molar-refractivity contribution in [1.29, 1.82) is 0 Å². The summed E-state index contributed by atoms with van der Waals surface area (Å²) >= 11 is 0. The molecule has 0 unspecified atom stereocenters. The lowest BCUT2D eigenvalue weighted by atomic mass is 10.2. The van der Waals surface area contributed by atoms with E-state index in [0.717, 1.165) is 24.7 Å². The lowest BCUT2D eigenvalue weighted by Crippen LogP contribution is -2.14. The Morgan fingerprint density at radius 1 is 1.24 bits per heavy atom. The van der Waals surface area contributed by atoms with Gasteiger partial charge in [0.1, 0.15) is 23.2 Å². The smallest absolute Gasteiger partial charge is 0.370 e. The number of halogens is 3. The van der Waals surface area contributed by atoms with E-state index in [9.17, 15) is 13.2 Å². The van der Waals surface area contributed by atoms with Crippen molar-refractivity contribution in [2.24, 2.45) is 0 Å². The van der Waals surface area contributed by atoms with Crippen LogP contribution in [0.5, 0.6) is 0 Å². The minimum Gasteiger partial charge on any atom is -0.370 e. The second-order valence-electron chi connectivity index (χ2n) is 6.76. The van der Waals surface area contributed by atoms with Gasteiger partial charge in [0.2, 0.25) is 5.95 Å². The average molecular weight is 407 g/mol. The molecule has 1 saturated carbocycles. The summed E-state index contributed by atoms with van der Waals surface area (Å²) in [7, 11) is 0. The van der Waals surface area contributed by atoms with Gasteiger partial charge >= 0.3 is 6.18 Å². The van der Waals surface area contributed by atoms with E-state index in [1.54, 1.807) is 24.1 Å². The van der Waals surface area contributed by atoms with E-state index < -0.39 is 11.7 Å². The highest BCUT2D eigenvalue weighted by atomic mass is 19.4. The molecule has 0 aromatic carbocycles. The number of nitrogens with zero attached hydrogens (tertiary/aromatic N) is 7. The number of hydrogen-bond acceptors (Lipinski definition) is 7. The molecule has 1 aliphatic rings. The van der Waals surface area contributed by atoms with E-state index >= 15 is 0 Å². The molecule has 2 N–H and O–H groups in total. The van der Waals surface area contributed by atoms with E-state index in [2.05, 4.69) is 35.9 Å². The number of nitrogens with one attached hydrogen (secondary N) is 2. The molecular weight excluding hydrogens is 387 g/mol. The molecule has 1 fully saturated rings. The Balaban J connectivity index is 1.64. The molecule has 12 heteroatoms. The van der Waals surface area contributed by atoms with Gasteiger partial charge < -0.3 is 10.6 Å². The van der Waals surface area contributed by atoms with Crippen LogP contribution >= 0.6 is 0 Å². The molecule has 0 amide bonds. The van der Waals surface area contributed by atoms with Crippen molar-refractivity contribution in [2.75, 3.05) is 17.2 Å². The second kappa shape index (κ2) is 7.33. The van der Waals surface area contributed by atoms with Gasteiger partial charge in [0.25, 0.3) is 0 Å². The Labute approximate surface area is 164 Å². The quantitative estimate of drug-likeness (QED) is 0.619. The normalized spacial score (nSPS) is 15.3. The number of aromatic nitrogens is 7. The predicted molar refractivity (Wildman–Crippen MR) is 98.8 cm³/mol. The van der Waals surface area contributed by atoms with E-state index in [0.29, 0.717) is 12.4 Å². The molecule has 0 aliphatic heterocycles. The molecule has 0 bridgehead atoms. The van der Waals surface area contributed by atoms with Crippen LogP contribution in [0.15, 0.2) is 24.7 Å². The van der Waals surface area contributed by atoms with Crippen LogP contribution in [0.1, 0.15) is 50.0 Å². The van der Waals surface area contributed by atoms with E-state index in [1.807, 2.05) is 17.7 Å². The molecule has 0 spiro atoms. The first-order valence-electron chi connectivity index (χ1n) is 9.27.